The number of benzene rings is 1. The average molecular weight is 301 g/mol. The van der Waals surface area contributed by atoms with Crippen molar-refractivity contribution in [3.63, 3.8) is 0 Å². The fourth-order valence-electron chi connectivity index (χ4n) is 2.30. The number of amides is 1. The van der Waals surface area contributed by atoms with E-state index in [4.69, 9.17) is 5.73 Å². The number of nitrogen functional groups attached to an aromatic ring is 1. The number of hydrogen-bond acceptors (Lipinski definition) is 4. The molecule has 0 radical (unpaired) electrons. The molecule has 2 rings (SSSR count). The van der Waals surface area contributed by atoms with Crippen molar-refractivity contribution < 1.29 is 4.79 Å². The summed E-state index contributed by atoms with van der Waals surface area (Å²) in [5.74, 6) is 1.29. The van der Waals surface area contributed by atoms with E-state index in [0.717, 1.165) is 17.1 Å². The van der Waals surface area contributed by atoms with Crippen molar-refractivity contribution in [2.24, 2.45) is 0 Å². The summed E-state index contributed by atoms with van der Waals surface area (Å²) in [5, 5.41) is 10.9. The Labute approximate surface area is 130 Å². The molecule has 1 aromatic heterocycles. The molecule has 0 fully saturated rings. The van der Waals surface area contributed by atoms with Crippen LogP contribution in [0, 0.1) is 0 Å². The Morgan fingerprint density at radius 1 is 1.36 bits per heavy atom. The molecule has 118 valence electrons. The number of rotatable bonds is 7. The van der Waals surface area contributed by atoms with Gasteiger partial charge in [-0.1, -0.05) is 32.0 Å². The highest BCUT2D eigenvalue weighted by Crippen LogP contribution is 2.12. The van der Waals surface area contributed by atoms with E-state index in [-0.39, 0.29) is 5.91 Å². The Morgan fingerprint density at radius 3 is 2.86 bits per heavy atom. The highest BCUT2D eigenvalue weighted by Gasteiger charge is 2.09. The molecule has 0 unspecified atom stereocenters. The summed E-state index contributed by atoms with van der Waals surface area (Å²) in [6.07, 6.45) is 2.79. The number of nitrogens with zero attached hydrogens (tertiary/aromatic N) is 3. The number of para-hydroxylation sites is 1. The van der Waals surface area contributed by atoms with Gasteiger partial charge < -0.3 is 15.6 Å². The third-order valence-corrected chi connectivity index (χ3v) is 3.51. The number of carbonyl (C=O) groups excluding carboxylic acids is 1. The number of aryl methyl sites for hydroxylation is 1. The van der Waals surface area contributed by atoms with E-state index < -0.39 is 0 Å². The Kier molecular flexibility index (Phi) is 5.52. The minimum absolute atomic E-state index is 0.0300. The Bertz CT molecular complexity index is 621. The molecule has 0 aliphatic heterocycles. The molecule has 0 spiro atoms. The second kappa shape index (κ2) is 7.59. The highest BCUT2D eigenvalue weighted by atomic mass is 16.1. The number of hydrogen-bond donors (Lipinski definition) is 2. The van der Waals surface area contributed by atoms with Crippen LogP contribution in [0.2, 0.25) is 0 Å². The largest absolute Gasteiger partial charge is 0.399 e. The predicted molar refractivity (Wildman–Crippen MR) is 86.3 cm³/mol. The average Bonchev–Trinajstić information content (AvgIpc) is 2.95. The SMILES string of the molecule is CC(C)c1nncn1CCNC(=O)CCc1ccccc1N. The normalized spacial score (nSPS) is 10.9. The fourth-order valence-corrected chi connectivity index (χ4v) is 2.30. The van der Waals surface area contributed by atoms with Crippen molar-refractivity contribution in [3.8, 4) is 0 Å². The van der Waals surface area contributed by atoms with Crippen molar-refractivity contribution in [3.05, 3.63) is 42.0 Å². The lowest BCUT2D eigenvalue weighted by Gasteiger charge is -2.10. The van der Waals surface area contributed by atoms with Gasteiger partial charge in [0.1, 0.15) is 12.2 Å². The molecule has 1 amide bonds. The van der Waals surface area contributed by atoms with Crippen LogP contribution in [-0.4, -0.2) is 27.2 Å². The zero-order valence-electron chi connectivity index (χ0n) is 13.1. The van der Waals surface area contributed by atoms with Crippen LogP contribution in [-0.2, 0) is 17.8 Å². The van der Waals surface area contributed by atoms with Gasteiger partial charge in [0.25, 0.3) is 0 Å². The number of nitrogens with two attached hydrogens (primary N) is 1. The van der Waals surface area contributed by atoms with E-state index in [2.05, 4.69) is 29.4 Å². The first kappa shape index (κ1) is 16.0. The van der Waals surface area contributed by atoms with E-state index in [9.17, 15) is 4.79 Å². The van der Waals surface area contributed by atoms with Crippen molar-refractivity contribution in [2.75, 3.05) is 12.3 Å². The van der Waals surface area contributed by atoms with Crippen molar-refractivity contribution in [1.29, 1.82) is 0 Å². The monoisotopic (exact) mass is 301 g/mol. The van der Waals surface area contributed by atoms with E-state index in [0.29, 0.717) is 31.8 Å². The van der Waals surface area contributed by atoms with Crippen molar-refractivity contribution >= 4 is 11.6 Å². The molecular formula is C16H23N5O. The first-order valence-corrected chi connectivity index (χ1v) is 7.55. The highest BCUT2D eigenvalue weighted by molar-refractivity contribution is 5.76. The maximum absolute atomic E-state index is 11.9. The molecular weight excluding hydrogens is 278 g/mol. The molecule has 3 N–H and O–H groups in total. The van der Waals surface area contributed by atoms with Crippen LogP contribution in [0.5, 0.6) is 0 Å². The van der Waals surface area contributed by atoms with Crippen LogP contribution in [0.1, 0.15) is 37.6 Å². The minimum atomic E-state index is 0.0300. The Hall–Kier alpha value is -2.37. The molecule has 0 saturated carbocycles. The zero-order chi connectivity index (χ0) is 15.9. The molecule has 1 aromatic carbocycles. The lowest BCUT2D eigenvalue weighted by molar-refractivity contribution is -0.121. The van der Waals surface area contributed by atoms with Crippen molar-refractivity contribution in [1.82, 2.24) is 20.1 Å². The topological polar surface area (TPSA) is 85.8 Å². The molecule has 1 heterocycles. The summed E-state index contributed by atoms with van der Waals surface area (Å²) in [4.78, 5) is 11.9. The predicted octanol–water partition coefficient (Wildman–Crippen LogP) is 1.73. The summed E-state index contributed by atoms with van der Waals surface area (Å²) in [6.45, 7) is 5.40. The Morgan fingerprint density at radius 2 is 2.14 bits per heavy atom. The van der Waals surface area contributed by atoms with Crippen LogP contribution in [0.15, 0.2) is 30.6 Å². The van der Waals surface area contributed by atoms with Gasteiger partial charge in [-0.05, 0) is 18.1 Å². The molecule has 6 heteroatoms. The minimum Gasteiger partial charge on any atom is -0.399 e. The summed E-state index contributed by atoms with van der Waals surface area (Å²) in [5.41, 5.74) is 7.62. The standard InChI is InChI=1S/C16H23N5O/c1-12(2)16-20-19-11-21(16)10-9-18-15(22)8-7-13-5-3-4-6-14(13)17/h3-6,11-12H,7-10,17H2,1-2H3,(H,18,22). The van der Waals surface area contributed by atoms with Gasteiger partial charge in [0.2, 0.25) is 5.91 Å². The molecule has 0 atom stereocenters. The number of nitrogens with one attached hydrogen (secondary N) is 1. The quantitative estimate of drug-likeness (QED) is 0.763. The summed E-state index contributed by atoms with van der Waals surface area (Å²) in [6, 6.07) is 7.63. The molecule has 6 nitrogen and oxygen atoms in total. The Balaban J connectivity index is 1.74. The van der Waals surface area contributed by atoms with Crippen LogP contribution in [0.25, 0.3) is 0 Å². The third-order valence-electron chi connectivity index (χ3n) is 3.51. The smallest absolute Gasteiger partial charge is 0.220 e. The van der Waals surface area contributed by atoms with Gasteiger partial charge in [0.15, 0.2) is 0 Å². The lowest BCUT2D eigenvalue weighted by Crippen LogP contribution is -2.27. The number of anilines is 1. The molecule has 22 heavy (non-hydrogen) atoms. The van der Waals surface area contributed by atoms with E-state index in [1.807, 2.05) is 28.8 Å². The van der Waals surface area contributed by atoms with E-state index in [1.54, 1.807) is 6.33 Å². The van der Waals surface area contributed by atoms with Crippen LogP contribution >= 0.6 is 0 Å². The maximum Gasteiger partial charge on any atom is 0.220 e. The molecule has 0 aliphatic carbocycles. The summed E-state index contributed by atoms with van der Waals surface area (Å²) in [7, 11) is 0. The number of aromatic nitrogens is 3. The van der Waals surface area contributed by atoms with Crippen LogP contribution in [0.3, 0.4) is 0 Å². The van der Waals surface area contributed by atoms with Gasteiger partial charge in [0, 0.05) is 31.1 Å². The van der Waals surface area contributed by atoms with Gasteiger partial charge in [0.05, 0.1) is 0 Å². The molecule has 0 bridgehead atoms. The maximum atomic E-state index is 11.9. The van der Waals surface area contributed by atoms with Gasteiger partial charge in [-0.2, -0.15) is 0 Å². The zero-order valence-corrected chi connectivity index (χ0v) is 13.1. The summed E-state index contributed by atoms with van der Waals surface area (Å²) >= 11 is 0. The molecule has 0 saturated heterocycles. The van der Waals surface area contributed by atoms with Crippen LogP contribution in [0.4, 0.5) is 5.69 Å². The van der Waals surface area contributed by atoms with Gasteiger partial charge in [-0.15, -0.1) is 10.2 Å². The van der Waals surface area contributed by atoms with Gasteiger partial charge >= 0.3 is 0 Å². The van der Waals surface area contributed by atoms with Gasteiger partial charge in [-0.25, -0.2) is 0 Å². The van der Waals surface area contributed by atoms with Crippen molar-refractivity contribution in [2.45, 2.75) is 39.2 Å². The fraction of sp³-hybridized carbons (Fsp3) is 0.438. The number of carbonyl (C=O) groups is 1. The summed E-state index contributed by atoms with van der Waals surface area (Å²) < 4.78 is 1.97. The first-order chi connectivity index (χ1) is 10.6. The lowest BCUT2D eigenvalue weighted by atomic mass is 10.1. The second-order valence-corrected chi connectivity index (χ2v) is 5.59. The van der Waals surface area contributed by atoms with E-state index >= 15 is 0 Å². The van der Waals surface area contributed by atoms with Gasteiger partial charge in [-0.3, -0.25) is 4.79 Å². The van der Waals surface area contributed by atoms with Crippen LogP contribution < -0.4 is 11.1 Å². The van der Waals surface area contributed by atoms with E-state index in [1.165, 1.54) is 0 Å². The second-order valence-electron chi connectivity index (χ2n) is 5.59. The molecule has 0 aliphatic rings. The molecule has 2 aromatic rings. The third kappa shape index (κ3) is 4.31. The first-order valence-electron chi connectivity index (χ1n) is 7.55.